The number of piperidine rings is 1. The predicted molar refractivity (Wildman–Crippen MR) is 64.5 cm³/mol. The number of primary amides is 1. The van der Waals surface area contributed by atoms with Crippen molar-refractivity contribution < 1.29 is 9.59 Å². The summed E-state index contributed by atoms with van der Waals surface area (Å²) >= 11 is 0. The zero-order valence-corrected chi connectivity index (χ0v) is 10.5. The van der Waals surface area contributed by atoms with Gasteiger partial charge < -0.3 is 5.73 Å². The lowest BCUT2D eigenvalue weighted by molar-refractivity contribution is -0.131. The second kappa shape index (κ2) is 5.97. The fourth-order valence-electron chi connectivity index (χ4n) is 2.38. The normalized spacial score (nSPS) is 25.0. The van der Waals surface area contributed by atoms with E-state index in [1.807, 2.05) is 11.8 Å². The number of amides is 2. The van der Waals surface area contributed by atoms with E-state index >= 15 is 0 Å². The summed E-state index contributed by atoms with van der Waals surface area (Å²) < 4.78 is 0. The molecule has 1 heterocycles. The van der Waals surface area contributed by atoms with Gasteiger partial charge in [-0.05, 0) is 26.3 Å². The van der Waals surface area contributed by atoms with E-state index in [0.717, 1.165) is 25.8 Å². The second-order valence-electron chi connectivity index (χ2n) is 4.69. The first-order valence-corrected chi connectivity index (χ1v) is 6.04. The van der Waals surface area contributed by atoms with Crippen molar-refractivity contribution in [1.82, 2.24) is 10.3 Å². The van der Waals surface area contributed by atoms with E-state index in [-0.39, 0.29) is 29.8 Å². The molecular formula is C11H22N4O2. The van der Waals surface area contributed by atoms with Crippen LogP contribution >= 0.6 is 0 Å². The van der Waals surface area contributed by atoms with Gasteiger partial charge in [0.1, 0.15) is 0 Å². The number of carbonyl (C=O) groups is 2. The van der Waals surface area contributed by atoms with Crippen molar-refractivity contribution in [2.45, 2.75) is 45.2 Å². The van der Waals surface area contributed by atoms with Gasteiger partial charge >= 0.3 is 0 Å². The molecule has 3 atom stereocenters. The average Bonchev–Trinajstić information content (AvgIpc) is 2.35. The minimum absolute atomic E-state index is 0.0450. The molecule has 0 saturated carbocycles. The van der Waals surface area contributed by atoms with E-state index in [1.165, 1.54) is 0 Å². The Labute approximate surface area is 102 Å². The summed E-state index contributed by atoms with van der Waals surface area (Å²) in [5, 5.41) is 0. The van der Waals surface area contributed by atoms with Crippen LogP contribution in [-0.4, -0.2) is 35.3 Å². The first-order chi connectivity index (χ1) is 7.99. The fraction of sp³-hybridized carbons (Fsp3) is 0.818. The summed E-state index contributed by atoms with van der Waals surface area (Å²) in [5.74, 6) is 4.34. The molecule has 3 unspecified atom stereocenters. The van der Waals surface area contributed by atoms with Crippen molar-refractivity contribution in [2.75, 3.05) is 6.54 Å². The molecule has 5 N–H and O–H groups in total. The summed E-state index contributed by atoms with van der Waals surface area (Å²) in [5.41, 5.74) is 7.55. The number of carbonyl (C=O) groups excluding carboxylic acids is 2. The van der Waals surface area contributed by atoms with Gasteiger partial charge in [0.25, 0.3) is 0 Å². The molecule has 0 spiro atoms. The van der Waals surface area contributed by atoms with Crippen LogP contribution in [0.25, 0.3) is 0 Å². The molecule has 98 valence electrons. The number of nitrogens with zero attached hydrogens (tertiary/aromatic N) is 1. The highest BCUT2D eigenvalue weighted by atomic mass is 16.2. The van der Waals surface area contributed by atoms with Gasteiger partial charge in [-0.1, -0.05) is 13.3 Å². The standard InChI is InChI=1S/C11H22N4O2/c1-7(11(17)14-13)8(2)15-6-4-3-5-9(15)10(12)16/h7-9H,3-6,13H2,1-2H3,(H2,12,16)(H,14,17). The third-order valence-electron chi connectivity index (χ3n) is 3.68. The number of hydrazine groups is 1. The van der Waals surface area contributed by atoms with E-state index in [4.69, 9.17) is 11.6 Å². The van der Waals surface area contributed by atoms with Crippen LogP contribution in [0.4, 0.5) is 0 Å². The predicted octanol–water partition coefficient (Wildman–Crippen LogP) is -0.659. The minimum Gasteiger partial charge on any atom is -0.368 e. The number of hydrogen-bond donors (Lipinski definition) is 3. The van der Waals surface area contributed by atoms with Gasteiger partial charge in [0.05, 0.1) is 12.0 Å². The Balaban J connectivity index is 2.74. The molecule has 1 aliphatic rings. The summed E-state index contributed by atoms with van der Waals surface area (Å²) in [7, 11) is 0. The number of hydrogen-bond acceptors (Lipinski definition) is 4. The number of rotatable bonds is 4. The molecule has 0 aromatic heterocycles. The smallest absolute Gasteiger partial charge is 0.238 e. The molecule has 0 aliphatic carbocycles. The van der Waals surface area contributed by atoms with Crippen LogP contribution in [0.1, 0.15) is 33.1 Å². The lowest BCUT2D eigenvalue weighted by Gasteiger charge is -2.40. The van der Waals surface area contributed by atoms with Crippen LogP contribution in [-0.2, 0) is 9.59 Å². The van der Waals surface area contributed by atoms with Crippen molar-refractivity contribution in [3.05, 3.63) is 0 Å². The Morgan fingerprint density at radius 2 is 2.00 bits per heavy atom. The van der Waals surface area contributed by atoms with Gasteiger partial charge in [0.2, 0.25) is 11.8 Å². The van der Waals surface area contributed by atoms with Crippen LogP contribution in [0.2, 0.25) is 0 Å². The molecule has 0 bridgehead atoms. The van der Waals surface area contributed by atoms with Crippen LogP contribution in [0.3, 0.4) is 0 Å². The molecule has 0 aromatic rings. The molecule has 2 amide bonds. The maximum atomic E-state index is 11.5. The number of nitrogens with two attached hydrogens (primary N) is 2. The third kappa shape index (κ3) is 3.17. The van der Waals surface area contributed by atoms with Crippen LogP contribution in [0.5, 0.6) is 0 Å². The maximum absolute atomic E-state index is 11.5. The lowest BCUT2D eigenvalue weighted by atomic mass is 9.94. The van der Waals surface area contributed by atoms with Gasteiger partial charge in [-0.25, -0.2) is 5.84 Å². The zero-order valence-electron chi connectivity index (χ0n) is 10.5. The van der Waals surface area contributed by atoms with Crippen molar-refractivity contribution in [2.24, 2.45) is 17.5 Å². The largest absolute Gasteiger partial charge is 0.368 e. The fourth-order valence-corrected chi connectivity index (χ4v) is 2.38. The van der Waals surface area contributed by atoms with Crippen molar-refractivity contribution in [3.8, 4) is 0 Å². The average molecular weight is 242 g/mol. The molecule has 0 radical (unpaired) electrons. The van der Waals surface area contributed by atoms with E-state index in [9.17, 15) is 9.59 Å². The monoisotopic (exact) mass is 242 g/mol. The first kappa shape index (κ1) is 13.9. The lowest BCUT2D eigenvalue weighted by Crippen LogP contribution is -2.55. The third-order valence-corrected chi connectivity index (χ3v) is 3.68. The van der Waals surface area contributed by atoms with Gasteiger partial charge in [-0.2, -0.15) is 0 Å². The highest BCUT2D eigenvalue weighted by molar-refractivity contribution is 5.81. The number of likely N-dealkylation sites (tertiary alicyclic amines) is 1. The van der Waals surface area contributed by atoms with Crippen LogP contribution < -0.4 is 17.0 Å². The van der Waals surface area contributed by atoms with E-state index in [2.05, 4.69) is 5.43 Å². The summed E-state index contributed by atoms with van der Waals surface area (Å²) in [6.45, 7) is 4.54. The summed E-state index contributed by atoms with van der Waals surface area (Å²) in [6, 6.07) is -0.303. The molecule has 17 heavy (non-hydrogen) atoms. The van der Waals surface area contributed by atoms with E-state index in [1.54, 1.807) is 6.92 Å². The molecule has 6 heteroatoms. The van der Waals surface area contributed by atoms with Gasteiger partial charge in [-0.3, -0.25) is 19.9 Å². The highest BCUT2D eigenvalue weighted by Crippen LogP contribution is 2.22. The highest BCUT2D eigenvalue weighted by Gasteiger charge is 2.34. The van der Waals surface area contributed by atoms with Crippen molar-refractivity contribution in [1.29, 1.82) is 0 Å². The molecule has 1 fully saturated rings. The first-order valence-electron chi connectivity index (χ1n) is 6.04. The van der Waals surface area contributed by atoms with Gasteiger partial charge in [0, 0.05) is 6.04 Å². The minimum atomic E-state index is -0.308. The van der Waals surface area contributed by atoms with Gasteiger partial charge in [-0.15, -0.1) is 0 Å². The van der Waals surface area contributed by atoms with Crippen LogP contribution in [0, 0.1) is 5.92 Å². The Morgan fingerprint density at radius 3 is 2.53 bits per heavy atom. The summed E-state index contributed by atoms with van der Waals surface area (Å²) in [4.78, 5) is 24.9. The molecule has 1 rings (SSSR count). The Bertz CT molecular complexity index is 295. The topological polar surface area (TPSA) is 101 Å². The maximum Gasteiger partial charge on any atom is 0.238 e. The number of nitrogens with one attached hydrogen (secondary N) is 1. The van der Waals surface area contributed by atoms with Crippen molar-refractivity contribution >= 4 is 11.8 Å². The van der Waals surface area contributed by atoms with Crippen molar-refractivity contribution in [3.63, 3.8) is 0 Å². The molecule has 6 nitrogen and oxygen atoms in total. The molecule has 1 saturated heterocycles. The summed E-state index contributed by atoms with van der Waals surface area (Å²) in [6.07, 6.45) is 2.82. The Kier molecular flexibility index (Phi) is 4.89. The molecular weight excluding hydrogens is 220 g/mol. The zero-order chi connectivity index (χ0) is 13.0. The Hall–Kier alpha value is -1.14. The van der Waals surface area contributed by atoms with Crippen LogP contribution in [0.15, 0.2) is 0 Å². The SMILES string of the molecule is CC(C(=O)NN)C(C)N1CCCCC1C(N)=O. The van der Waals surface area contributed by atoms with Gasteiger partial charge in [0.15, 0.2) is 0 Å². The van der Waals surface area contributed by atoms with E-state index < -0.39 is 0 Å². The second-order valence-corrected chi connectivity index (χ2v) is 4.69. The quantitative estimate of drug-likeness (QED) is 0.346. The molecule has 0 aromatic carbocycles. The van der Waals surface area contributed by atoms with E-state index in [0.29, 0.717) is 0 Å². The molecule has 1 aliphatic heterocycles. The Morgan fingerprint density at radius 1 is 1.35 bits per heavy atom.